The summed E-state index contributed by atoms with van der Waals surface area (Å²) in [5.41, 5.74) is 1.61. The first-order valence-electron chi connectivity index (χ1n) is 7.70. The lowest BCUT2D eigenvalue weighted by Crippen LogP contribution is -2.30. The summed E-state index contributed by atoms with van der Waals surface area (Å²) in [6.07, 6.45) is 0.982. The Labute approximate surface area is 138 Å². The molecule has 2 aromatic rings. The summed E-state index contributed by atoms with van der Waals surface area (Å²) < 4.78 is 13.6. The van der Waals surface area contributed by atoms with Gasteiger partial charge >= 0.3 is 0 Å². The number of nitrogens with one attached hydrogen (secondary N) is 2. The summed E-state index contributed by atoms with van der Waals surface area (Å²) >= 11 is 0. The molecule has 2 amide bonds. The molecule has 0 fully saturated rings. The number of fused-ring (bicyclic) bond motifs is 1. The Kier molecular flexibility index (Phi) is 4.46. The van der Waals surface area contributed by atoms with Crippen LogP contribution in [0.2, 0.25) is 0 Å². The number of rotatable bonds is 4. The van der Waals surface area contributed by atoms with Gasteiger partial charge in [-0.05, 0) is 36.6 Å². The van der Waals surface area contributed by atoms with Crippen LogP contribution in [0.15, 0.2) is 42.5 Å². The van der Waals surface area contributed by atoms with Crippen LogP contribution in [0.5, 0.6) is 5.75 Å². The zero-order chi connectivity index (χ0) is 17.1. The van der Waals surface area contributed by atoms with E-state index < -0.39 is 11.7 Å². The number of anilines is 2. The molecule has 0 aliphatic carbocycles. The summed E-state index contributed by atoms with van der Waals surface area (Å²) in [5.74, 6) is -1.89. The summed E-state index contributed by atoms with van der Waals surface area (Å²) in [4.78, 5) is 24.1. The van der Waals surface area contributed by atoms with E-state index in [4.69, 9.17) is 0 Å². The molecule has 0 saturated heterocycles. The monoisotopic (exact) mass is 328 g/mol. The molecule has 2 aromatic carbocycles. The molecule has 1 atom stereocenters. The second-order valence-electron chi connectivity index (χ2n) is 5.77. The second-order valence-corrected chi connectivity index (χ2v) is 5.77. The lowest BCUT2D eigenvalue weighted by molar-refractivity contribution is -0.121. The second kappa shape index (κ2) is 6.70. The molecule has 0 unspecified atom stereocenters. The smallest absolute Gasteiger partial charge is 0.227 e. The van der Waals surface area contributed by atoms with Crippen LogP contribution < -0.4 is 10.6 Å². The Morgan fingerprint density at radius 3 is 2.83 bits per heavy atom. The van der Waals surface area contributed by atoms with Crippen molar-refractivity contribution in [1.29, 1.82) is 0 Å². The molecule has 6 heteroatoms. The van der Waals surface area contributed by atoms with E-state index in [1.807, 2.05) is 24.3 Å². The highest BCUT2D eigenvalue weighted by atomic mass is 19.1. The summed E-state index contributed by atoms with van der Waals surface area (Å²) in [7, 11) is 0. The first kappa shape index (κ1) is 16.0. The minimum atomic E-state index is -0.701. The molecule has 1 aliphatic rings. The van der Waals surface area contributed by atoms with Gasteiger partial charge in [0.15, 0.2) is 5.82 Å². The molecule has 0 saturated carbocycles. The van der Waals surface area contributed by atoms with Crippen molar-refractivity contribution >= 4 is 23.2 Å². The lowest BCUT2D eigenvalue weighted by atomic mass is 9.89. The average Bonchev–Trinajstić information content (AvgIpc) is 2.56. The Bertz CT molecular complexity index is 771. The number of para-hydroxylation sites is 2. The van der Waals surface area contributed by atoms with Crippen molar-refractivity contribution < 1.29 is 19.1 Å². The highest BCUT2D eigenvalue weighted by Crippen LogP contribution is 2.29. The van der Waals surface area contributed by atoms with Gasteiger partial charge in [0.05, 0.1) is 0 Å². The van der Waals surface area contributed by atoms with Gasteiger partial charge in [0.2, 0.25) is 11.8 Å². The summed E-state index contributed by atoms with van der Waals surface area (Å²) in [6, 6.07) is 11.3. The van der Waals surface area contributed by atoms with Crippen LogP contribution in [0.1, 0.15) is 18.4 Å². The Balaban J connectivity index is 1.60. The molecule has 24 heavy (non-hydrogen) atoms. The zero-order valence-electron chi connectivity index (χ0n) is 12.9. The van der Waals surface area contributed by atoms with Crippen LogP contribution >= 0.6 is 0 Å². The van der Waals surface area contributed by atoms with Gasteiger partial charge < -0.3 is 15.7 Å². The number of hydrogen-bond acceptors (Lipinski definition) is 3. The number of hydrogen-bond donors (Lipinski definition) is 3. The summed E-state index contributed by atoms with van der Waals surface area (Å²) in [6.45, 7) is 0. The van der Waals surface area contributed by atoms with Gasteiger partial charge in [-0.1, -0.05) is 24.3 Å². The van der Waals surface area contributed by atoms with Crippen LogP contribution in [0.25, 0.3) is 0 Å². The fraction of sp³-hybridized carbons (Fsp3) is 0.222. The number of phenolic OH excluding ortho intramolecular Hbond substituents is 1. The predicted molar refractivity (Wildman–Crippen MR) is 88.2 cm³/mol. The van der Waals surface area contributed by atoms with Crippen LogP contribution in [0, 0.1) is 11.7 Å². The number of aromatic hydroxyl groups is 1. The van der Waals surface area contributed by atoms with Crippen molar-refractivity contribution in [3.8, 4) is 5.75 Å². The molecule has 5 nitrogen and oxygen atoms in total. The SMILES string of the molecule is O=C(CC[C@H]1Cc2ccccc2NC1=O)Nc1c(O)cccc1F. The van der Waals surface area contributed by atoms with E-state index in [9.17, 15) is 19.1 Å². The number of phenols is 1. The highest BCUT2D eigenvalue weighted by Gasteiger charge is 2.26. The number of carbonyl (C=O) groups is 2. The van der Waals surface area contributed by atoms with E-state index in [0.29, 0.717) is 12.8 Å². The third kappa shape index (κ3) is 3.37. The van der Waals surface area contributed by atoms with Crippen LogP contribution in [0.4, 0.5) is 15.8 Å². The molecular weight excluding hydrogens is 311 g/mol. The van der Waals surface area contributed by atoms with Gasteiger partial charge in [-0.2, -0.15) is 0 Å². The van der Waals surface area contributed by atoms with Gasteiger partial charge in [0, 0.05) is 18.0 Å². The predicted octanol–water partition coefficient (Wildman–Crippen LogP) is 3.06. The molecule has 3 N–H and O–H groups in total. The first-order valence-corrected chi connectivity index (χ1v) is 7.70. The van der Waals surface area contributed by atoms with Gasteiger partial charge in [-0.25, -0.2) is 4.39 Å². The Morgan fingerprint density at radius 1 is 1.25 bits per heavy atom. The Morgan fingerprint density at radius 2 is 2.04 bits per heavy atom. The number of benzene rings is 2. The molecule has 1 heterocycles. The average molecular weight is 328 g/mol. The number of halogens is 1. The fourth-order valence-electron chi connectivity index (χ4n) is 2.79. The lowest BCUT2D eigenvalue weighted by Gasteiger charge is -2.24. The van der Waals surface area contributed by atoms with E-state index in [2.05, 4.69) is 10.6 Å². The molecule has 124 valence electrons. The van der Waals surface area contributed by atoms with Crippen LogP contribution in [0.3, 0.4) is 0 Å². The van der Waals surface area contributed by atoms with E-state index in [0.717, 1.165) is 17.3 Å². The molecular formula is C18H17FN2O3. The standard InChI is InChI=1S/C18H17FN2O3/c19-13-5-3-7-15(22)17(13)21-16(23)9-8-12-10-11-4-1-2-6-14(11)20-18(12)24/h1-7,12,22H,8-10H2,(H,20,24)(H,21,23)/t12-/m0/s1. The van der Waals surface area contributed by atoms with Crippen molar-refractivity contribution in [2.24, 2.45) is 5.92 Å². The van der Waals surface area contributed by atoms with E-state index in [1.54, 1.807) is 0 Å². The molecule has 0 spiro atoms. The summed E-state index contributed by atoms with van der Waals surface area (Å²) in [5, 5.41) is 14.8. The minimum absolute atomic E-state index is 0.0635. The van der Waals surface area contributed by atoms with Gasteiger partial charge in [0.1, 0.15) is 11.4 Å². The fourth-order valence-corrected chi connectivity index (χ4v) is 2.79. The van der Waals surface area contributed by atoms with E-state index >= 15 is 0 Å². The minimum Gasteiger partial charge on any atom is -0.506 e. The van der Waals surface area contributed by atoms with Crippen molar-refractivity contribution in [1.82, 2.24) is 0 Å². The highest BCUT2D eigenvalue weighted by molar-refractivity contribution is 5.97. The molecule has 1 aliphatic heterocycles. The van der Waals surface area contributed by atoms with E-state index in [1.165, 1.54) is 12.1 Å². The quantitative estimate of drug-likeness (QED) is 0.755. The normalized spacial score (nSPS) is 16.2. The van der Waals surface area contributed by atoms with E-state index in [-0.39, 0.29) is 29.7 Å². The molecule has 3 rings (SSSR count). The molecule has 0 radical (unpaired) electrons. The third-order valence-electron chi connectivity index (χ3n) is 4.09. The van der Waals surface area contributed by atoms with Crippen molar-refractivity contribution in [2.45, 2.75) is 19.3 Å². The maximum absolute atomic E-state index is 13.6. The Hall–Kier alpha value is -2.89. The maximum atomic E-state index is 13.6. The van der Waals surface area contributed by atoms with Crippen LogP contribution in [-0.2, 0) is 16.0 Å². The largest absolute Gasteiger partial charge is 0.506 e. The molecule has 0 aromatic heterocycles. The van der Waals surface area contributed by atoms with Crippen LogP contribution in [-0.4, -0.2) is 16.9 Å². The zero-order valence-corrected chi connectivity index (χ0v) is 12.9. The van der Waals surface area contributed by atoms with Gasteiger partial charge in [-0.3, -0.25) is 9.59 Å². The number of carbonyl (C=O) groups excluding carboxylic acids is 2. The van der Waals surface area contributed by atoms with Crippen molar-refractivity contribution in [3.63, 3.8) is 0 Å². The van der Waals surface area contributed by atoms with Crippen molar-refractivity contribution in [2.75, 3.05) is 10.6 Å². The first-order chi connectivity index (χ1) is 11.5. The number of amides is 2. The molecule has 0 bridgehead atoms. The van der Waals surface area contributed by atoms with Gasteiger partial charge in [0.25, 0.3) is 0 Å². The van der Waals surface area contributed by atoms with Crippen molar-refractivity contribution in [3.05, 3.63) is 53.8 Å². The maximum Gasteiger partial charge on any atom is 0.227 e. The third-order valence-corrected chi connectivity index (χ3v) is 4.09. The van der Waals surface area contributed by atoms with Gasteiger partial charge in [-0.15, -0.1) is 0 Å². The topological polar surface area (TPSA) is 78.4 Å².